The summed E-state index contributed by atoms with van der Waals surface area (Å²) >= 11 is 0. The number of nitriles is 1. The van der Waals surface area contributed by atoms with Crippen LogP contribution in [0.1, 0.15) is 5.56 Å². The van der Waals surface area contributed by atoms with Crippen LogP contribution < -0.4 is 10.6 Å². The number of nitrogens with one attached hydrogen (secondary N) is 2. The Hall–Kier alpha value is -1.95. The highest BCUT2D eigenvalue weighted by atomic mass is 15.1. The van der Waals surface area contributed by atoms with Crippen molar-refractivity contribution in [2.75, 3.05) is 6.54 Å². The Bertz CT molecular complexity index is 324. The molecule has 0 amide bonds. The van der Waals surface area contributed by atoms with Gasteiger partial charge in [-0.05, 0) is 5.56 Å². The topological polar surface area (TPSA) is 47.9 Å². The number of nitrogens with zero attached hydrogens (tertiary/aromatic N) is 1. The zero-order chi connectivity index (χ0) is 10.2. The minimum atomic E-state index is 0.278. The lowest BCUT2D eigenvalue weighted by Crippen LogP contribution is -2.25. The van der Waals surface area contributed by atoms with Crippen molar-refractivity contribution in [3.05, 3.63) is 48.3 Å². The molecule has 3 heteroatoms. The van der Waals surface area contributed by atoms with Gasteiger partial charge in [0.1, 0.15) is 6.54 Å². The second-order valence-electron chi connectivity index (χ2n) is 2.83. The highest BCUT2D eigenvalue weighted by molar-refractivity contribution is 5.15. The summed E-state index contributed by atoms with van der Waals surface area (Å²) in [4.78, 5) is 0. The zero-order valence-electron chi connectivity index (χ0n) is 7.96. The van der Waals surface area contributed by atoms with E-state index >= 15 is 0 Å². The molecule has 0 saturated carbocycles. The highest BCUT2D eigenvalue weighted by Gasteiger charge is 1.92. The average Bonchev–Trinajstić information content (AvgIpc) is 2.25. The van der Waals surface area contributed by atoms with Crippen molar-refractivity contribution < 1.29 is 0 Å². The van der Waals surface area contributed by atoms with Crippen LogP contribution >= 0.6 is 0 Å². The number of rotatable bonds is 5. The van der Waals surface area contributed by atoms with Gasteiger partial charge in [0.05, 0.1) is 11.9 Å². The van der Waals surface area contributed by atoms with Crippen molar-refractivity contribution in [2.45, 2.75) is 6.54 Å². The van der Waals surface area contributed by atoms with Crippen LogP contribution in [0.2, 0.25) is 0 Å². The van der Waals surface area contributed by atoms with Gasteiger partial charge in [0, 0.05) is 6.54 Å². The van der Waals surface area contributed by atoms with Gasteiger partial charge < -0.3 is 10.6 Å². The SMILES string of the molecule is C=C(NCC#N)NCc1ccccc1. The summed E-state index contributed by atoms with van der Waals surface area (Å²) in [6.45, 7) is 4.73. The van der Waals surface area contributed by atoms with Gasteiger partial charge in [0.15, 0.2) is 0 Å². The molecule has 0 aliphatic rings. The second-order valence-corrected chi connectivity index (χ2v) is 2.83. The first-order chi connectivity index (χ1) is 6.83. The Balaban J connectivity index is 2.28. The summed E-state index contributed by atoms with van der Waals surface area (Å²) in [6, 6.07) is 12.0. The monoisotopic (exact) mass is 187 g/mol. The molecule has 0 fully saturated rings. The molecule has 0 aliphatic heterocycles. The fraction of sp³-hybridized carbons (Fsp3) is 0.182. The van der Waals surface area contributed by atoms with Gasteiger partial charge >= 0.3 is 0 Å². The maximum Gasteiger partial charge on any atom is 0.104 e. The van der Waals surface area contributed by atoms with Crippen molar-refractivity contribution in [1.29, 1.82) is 5.26 Å². The first kappa shape index (κ1) is 10.1. The van der Waals surface area contributed by atoms with E-state index in [9.17, 15) is 0 Å². The lowest BCUT2D eigenvalue weighted by atomic mass is 10.2. The molecule has 1 aromatic rings. The van der Waals surface area contributed by atoms with Crippen molar-refractivity contribution >= 4 is 0 Å². The van der Waals surface area contributed by atoms with Crippen molar-refractivity contribution in [2.24, 2.45) is 0 Å². The molecule has 2 N–H and O–H groups in total. The number of benzene rings is 1. The van der Waals surface area contributed by atoms with E-state index in [2.05, 4.69) is 17.2 Å². The molecule has 0 radical (unpaired) electrons. The lowest BCUT2D eigenvalue weighted by Gasteiger charge is -2.09. The molecule has 0 bridgehead atoms. The molecular weight excluding hydrogens is 174 g/mol. The standard InChI is InChI=1S/C11H13N3/c1-10(13-8-7-12)14-9-11-5-3-2-4-6-11/h2-6,13-14H,1,8-9H2. The molecule has 72 valence electrons. The molecule has 1 aromatic carbocycles. The summed E-state index contributed by atoms with van der Waals surface area (Å²) < 4.78 is 0. The third kappa shape index (κ3) is 3.63. The highest BCUT2D eigenvalue weighted by Crippen LogP contribution is 1.97. The molecule has 14 heavy (non-hydrogen) atoms. The molecule has 0 unspecified atom stereocenters. The Morgan fingerprint density at radius 1 is 1.29 bits per heavy atom. The molecule has 0 spiro atoms. The third-order valence-electron chi connectivity index (χ3n) is 1.73. The molecule has 0 heterocycles. The summed E-state index contributed by atoms with van der Waals surface area (Å²) in [7, 11) is 0. The molecule has 1 rings (SSSR count). The summed E-state index contributed by atoms with van der Waals surface area (Å²) in [5.74, 6) is 0.676. The summed E-state index contributed by atoms with van der Waals surface area (Å²) in [5, 5.41) is 14.2. The van der Waals surface area contributed by atoms with Crippen LogP contribution in [0.4, 0.5) is 0 Å². The molecule has 0 atom stereocenters. The Morgan fingerprint density at radius 2 is 2.00 bits per heavy atom. The van der Waals surface area contributed by atoms with Gasteiger partial charge in [0.2, 0.25) is 0 Å². The Kier molecular flexibility index (Phi) is 4.09. The van der Waals surface area contributed by atoms with Crippen LogP contribution in [-0.2, 0) is 6.54 Å². The molecule has 0 aromatic heterocycles. The van der Waals surface area contributed by atoms with Gasteiger partial charge in [-0.2, -0.15) is 5.26 Å². The van der Waals surface area contributed by atoms with E-state index in [1.807, 2.05) is 36.4 Å². The van der Waals surface area contributed by atoms with Crippen molar-refractivity contribution in [3.8, 4) is 6.07 Å². The molecule has 0 aliphatic carbocycles. The van der Waals surface area contributed by atoms with E-state index in [0.29, 0.717) is 5.82 Å². The van der Waals surface area contributed by atoms with Gasteiger partial charge in [-0.25, -0.2) is 0 Å². The normalized spacial score (nSPS) is 8.79. The second kappa shape index (κ2) is 5.65. The lowest BCUT2D eigenvalue weighted by molar-refractivity contribution is 0.722. The van der Waals surface area contributed by atoms with Crippen LogP contribution in [0, 0.1) is 11.3 Å². The quantitative estimate of drug-likeness (QED) is 0.684. The molecule has 3 nitrogen and oxygen atoms in total. The molecule has 0 saturated heterocycles. The van der Waals surface area contributed by atoms with Crippen LogP contribution in [0.15, 0.2) is 42.7 Å². The zero-order valence-corrected chi connectivity index (χ0v) is 7.96. The minimum absolute atomic E-state index is 0.278. The summed E-state index contributed by atoms with van der Waals surface area (Å²) in [5.41, 5.74) is 1.19. The van der Waals surface area contributed by atoms with E-state index in [1.165, 1.54) is 5.56 Å². The Morgan fingerprint density at radius 3 is 2.64 bits per heavy atom. The summed E-state index contributed by atoms with van der Waals surface area (Å²) in [6.07, 6.45) is 0. The number of hydrogen-bond donors (Lipinski definition) is 2. The minimum Gasteiger partial charge on any atom is -0.368 e. The van der Waals surface area contributed by atoms with Gasteiger partial charge in [-0.15, -0.1) is 0 Å². The molecular formula is C11H13N3. The van der Waals surface area contributed by atoms with E-state index in [1.54, 1.807) is 0 Å². The predicted molar refractivity (Wildman–Crippen MR) is 56.0 cm³/mol. The van der Waals surface area contributed by atoms with Crippen molar-refractivity contribution in [1.82, 2.24) is 10.6 Å². The Labute approximate surface area is 84.1 Å². The van der Waals surface area contributed by atoms with Gasteiger partial charge in [-0.3, -0.25) is 0 Å². The van der Waals surface area contributed by atoms with E-state index in [0.717, 1.165) is 6.54 Å². The van der Waals surface area contributed by atoms with Crippen LogP contribution in [0.3, 0.4) is 0 Å². The third-order valence-corrected chi connectivity index (χ3v) is 1.73. The van der Waals surface area contributed by atoms with Crippen molar-refractivity contribution in [3.63, 3.8) is 0 Å². The largest absolute Gasteiger partial charge is 0.368 e. The fourth-order valence-electron chi connectivity index (χ4n) is 1.01. The maximum absolute atomic E-state index is 8.32. The van der Waals surface area contributed by atoms with Crippen LogP contribution in [0.25, 0.3) is 0 Å². The van der Waals surface area contributed by atoms with E-state index < -0.39 is 0 Å². The van der Waals surface area contributed by atoms with Gasteiger partial charge in [0.25, 0.3) is 0 Å². The first-order valence-corrected chi connectivity index (χ1v) is 4.40. The average molecular weight is 187 g/mol. The smallest absolute Gasteiger partial charge is 0.104 e. The maximum atomic E-state index is 8.32. The van der Waals surface area contributed by atoms with Crippen LogP contribution in [0.5, 0.6) is 0 Å². The first-order valence-electron chi connectivity index (χ1n) is 4.40. The predicted octanol–water partition coefficient (Wildman–Crippen LogP) is 1.36. The number of hydrogen-bond acceptors (Lipinski definition) is 3. The fourth-order valence-corrected chi connectivity index (χ4v) is 1.01. The van der Waals surface area contributed by atoms with E-state index in [4.69, 9.17) is 5.26 Å². The van der Waals surface area contributed by atoms with Gasteiger partial charge in [-0.1, -0.05) is 36.9 Å². The van der Waals surface area contributed by atoms with Crippen LogP contribution in [-0.4, -0.2) is 6.54 Å². The van der Waals surface area contributed by atoms with E-state index in [-0.39, 0.29) is 6.54 Å².